The van der Waals surface area contributed by atoms with E-state index in [4.69, 9.17) is 5.11 Å². The Labute approximate surface area is 163 Å². The van der Waals surface area contributed by atoms with E-state index in [2.05, 4.69) is 10.4 Å². The van der Waals surface area contributed by atoms with Crippen molar-refractivity contribution in [2.75, 3.05) is 11.9 Å². The standard InChI is InChI=1S/C23H23N3O2/c27-16-7-1-6-15-26-21-14-5-4-12-19(21)22(25-26)23(28)24-20-13-8-10-17-9-2-3-11-18(17)20/h2-5,8-14,27H,1,6-7,15-16H2,(H,24,28). The van der Waals surface area contributed by atoms with Crippen LogP contribution in [-0.4, -0.2) is 27.4 Å². The number of para-hydroxylation sites is 1. The molecule has 3 aromatic carbocycles. The van der Waals surface area contributed by atoms with Crippen LogP contribution < -0.4 is 5.32 Å². The van der Waals surface area contributed by atoms with Gasteiger partial charge in [-0.25, -0.2) is 0 Å². The first-order valence-corrected chi connectivity index (χ1v) is 9.63. The summed E-state index contributed by atoms with van der Waals surface area (Å²) in [6.07, 6.45) is 2.63. The van der Waals surface area contributed by atoms with Crippen molar-refractivity contribution < 1.29 is 9.90 Å². The van der Waals surface area contributed by atoms with Crippen molar-refractivity contribution in [2.45, 2.75) is 25.8 Å². The van der Waals surface area contributed by atoms with Crippen LogP contribution >= 0.6 is 0 Å². The van der Waals surface area contributed by atoms with Gasteiger partial charge in [-0.3, -0.25) is 9.48 Å². The average molecular weight is 373 g/mol. The molecule has 4 aromatic rings. The summed E-state index contributed by atoms with van der Waals surface area (Å²) in [6.45, 7) is 0.931. The molecule has 0 bridgehead atoms. The second-order valence-corrected chi connectivity index (χ2v) is 6.85. The number of anilines is 1. The van der Waals surface area contributed by atoms with Crippen LogP contribution in [0.15, 0.2) is 66.7 Å². The topological polar surface area (TPSA) is 67.2 Å². The van der Waals surface area contributed by atoms with Crippen LogP contribution in [0.25, 0.3) is 21.7 Å². The summed E-state index contributed by atoms with van der Waals surface area (Å²) in [4.78, 5) is 13.0. The van der Waals surface area contributed by atoms with Crippen LogP contribution in [-0.2, 0) is 6.54 Å². The minimum Gasteiger partial charge on any atom is -0.396 e. The lowest BCUT2D eigenvalue weighted by atomic mass is 10.1. The molecule has 5 nitrogen and oxygen atoms in total. The molecule has 1 amide bonds. The molecule has 0 unspecified atom stereocenters. The van der Waals surface area contributed by atoms with E-state index in [0.29, 0.717) is 5.69 Å². The van der Waals surface area contributed by atoms with Gasteiger partial charge in [-0.05, 0) is 36.8 Å². The highest BCUT2D eigenvalue weighted by Crippen LogP contribution is 2.25. The Morgan fingerprint density at radius 3 is 2.50 bits per heavy atom. The Hall–Kier alpha value is -3.18. The maximum Gasteiger partial charge on any atom is 0.276 e. The van der Waals surface area contributed by atoms with Gasteiger partial charge in [0, 0.05) is 29.6 Å². The highest BCUT2D eigenvalue weighted by molar-refractivity contribution is 6.13. The number of nitrogens with zero attached hydrogens (tertiary/aromatic N) is 2. The van der Waals surface area contributed by atoms with E-state index in [9.17, 15) is 4.79 Å². The van der Waals surface area contributed by atoms with E-state index < -0.39 is 0 Å². The lowest BCUT2D eigenvalue weighted by molar-refractivity contribution is 0.102. The van der Waals surface area contributed by atoms with Gasteiger partial charge >= 0.3 is 0 Å². The second kappa shape index (κ2) is 8.23. The predicted molar refractivity (Wildman–Crippen MR) is 113 cm³/mol. The number of hydrogen-bond donors (Lipinski definition) is 2. The summed E-state index contributed by atoms with van der Waals surface area (Å²) in [5.41, 5.74) is 2.17. The Balaban J connectivity index is 1.63. The van der Waals surface area contributed by atoms with Crippen molar-refractivity contribution in [1.82, 2.24) is 9.78 Å². The molecule has 1 aromatic heterocycles. The maximum absolute atomic E-state index is 13.0. The third kappa shape index (κ3) is 3.62. The van der Waals surface area contributed by atoms with Crippen LogP contribution in [0.3, 0.4) is 0 Å². The number of carbonyl (C=O) groups is 1. The Bertz CT molecular complexity index is 1110. The molecule has 1 heterocycles. The van der Waals surface area contributed by atoms with Gasteiger partial charge in [0.2, 0.25) is 0 Å². The highest BCUT2D eigenvalue weighted by Gasteiger charge is 2.17. The fourth-order valence-electron chi connectivity index (χ4n) is 3.53. The first-order chi connectivity index (χ1) is 13.8. The molecule has 0 aliphatic carbocycles. The summed E-state index contributed by atoms with van der Waals surface area (Å²) in [7, 11) is 0. The number of amides is 1. The summed E-state index contributed by atoms with van der Waals surface area (Å²) >= 11 is 0. The van der Waals surface area contributed by atoms with Gasteiger partial charge in [0.05, 0.1) is 5.52 Å². The molecule has 0 saturated carbocycles. The number of aryl methyl sites for hydroxylation is 1. The Morgan fingerprint density at radius 1 is 0.893 bits per heavy atom. The molecule has 0 spiro atoms. The number of unbranched alkanes of at least 4 members (excludes halogenated alkanes) is 2. The number of nitrogens with one attached hydrogen (secondary N) is 1. The monoisotopic (exact) mass is 373 g/mol. The van der Waals surface area contributed by atoms with Crippen LogP contribution in [0.4, 0.5) is 5.69 Å². The zero-order valence-corrected chi connectivity index (χ0v) is 15.6. The molecule has 5 heteroatoms. The van der Waals surface area contributed by atoms with E-state index in [0.717, 1.165) is 53.2 Å². The maximum atomic E-state index is 13.0. The molecule has 0 aliphatic heterocycles. The molecular formula is C23H23N3O2. The molecule has 0 saturated heterocycles. The number of aliphatic hydroxyl groups excluding tert-OH is 1. The molecule has 0 fully saturated rings. The van der Waals surface area contributed by atoms with E-state index in [1.807, 2.05) is 71.4 Å². The number of hydrogen-bond acceptors (Lipinski definition) is 3. The van der Waals surface area contributed by atoms with Gasteiger partial charge in [-0.1, -0.05) is 54.6 Å². The predicted octanol–water partition coefficient (Wildman–Crippen LogP) is 4.60. The summed E-state index contributed by atoms with van der Waals surface area (Å²) < 4.78 is 1.89. The van der Waals surface area contributed by atoms with Crippen LogP contribution in [0.2, 0.25) is 0 Å². The van der Waals surface area contributed by atoms with Crippen molar-refractivity contribution in [3.8, 4) is 0 Å². The summed E-state index contributed by atoms with van der Waals surface area (Å²) in [6, 6.07) is 21.7. The fraction of sp³-hybridized carbons (Fsp3) is 0.217. The summed E-state index contributed by atoms with van der Waals surface area (Å²) in [5, 5.41) is 19.5. The van der Waals surface area contributed by atoms with Crippen LogP contribution in [0, 0.1) is 0 Å². The minimum atomic E-state index is -0.207. The number of fused-ring (bicyclic) bond motifs is 2. The number of aromatic nitrogens is 2. The molecule has 0 radical (unpaired) electrons. The van der Waals surface area contributed by atoms with E-state index >= 15 is 0 Å². The Kier molecular flexibility index (Phi) is 5.35. The largest absolute Gasteiger partial charge is 0.396 e. The second-order valence-electron chi connectivity index (χ2n) is 6.85. The molecule has 0 atom stereocenters. The van der Waals surface area contributed by atoms with E-state index in [-0.39, 0.29) is 12.5 Å². The molecule has 142 valence electrons. The van der Waals surface area contributed by atoms with Crippen LogP contribution in [0.5, 0.6) is 0 Å². The van der Waals surface area contributed by atoms with E-state index in [1.54, 1.807) is 0 Å². The van der Waals surface area contributed by atoms with Crippen molar-refractivity contribution >= 4 is 33.3 Å². The van der Waals surface area contributed by atoms with Gasteiger partial charge in [-0.2, -0.15) is 5.10 Å². The fourth-order valence-corrected chi connectivity index (χ4v) is 3.53. The average Bonchev–Trinajstić information content (AvgIpc) is 3.10. The molecule has 0 aliphatic rings. The SMILES string of the molecule is O=C(Nc1cccc2ccccc12)c1nn(CCCCCO)c2ccccc12. The smallest absolute Gasteiger partial charge is 0.276 e. The highest BCUT2D eigenvalue weighted by atomic mass is 16.2. The zero-order valence-electron chi connectivity index (χ0n) is 15.6. The quantitative estimate of drug-likeness (QED) is 0.465. The first-order valence-electron chi connectivity index (χ1n) is 9.63. The third-order valence-electron chi connectivity index (χ3n) is 4.94. The van der Waals surface area contributed by atoms with E-state index in [1.165, 1.54) is 0 Å². The van der Waals surface area contributed by atoms with Gasteiger partial charge in [0.1, 0.15) is 0 Å². The zero-order chi connectivity index (χ0) is 19.3. The number of benzene rings is 3. The molecule has 28 heavy (non-hydrogen) atoms. The molecule has 4 rings (SSSR count). The number of aliphatic hydroxyl groups is 1. The van der Waals surface area contributed by atoms with Gasteiger partial charge in [-0.15, -0.1) is 0 Å². The minimum absolute atomic E-state index is 0.207. The van der Waals surface area contributed by atoms with Crippen molar-refractivity contribution in [3.05, 3.63) is 72.4 Å². The van der Waals surface area contributed by atoms with Gasteiger partial charge in [0.15, 0.2) is 5.69 Å². The van der Waals surface area contributed by atoms with Crippen molar-refractivity contribution in [3.63, 3.8) is 0 Å². The lowest BCUT2D eigenvalue weighted by Gasteiger charge is -2.07. The summed E-state index contributed by atoms with van der Waals surface area (Å²) in [5.74, 6) is -0.207. The third-order valence-corrected chi connectivity index (χ3v) is 4.94. The van der Waals surface area contributed by atoms with Crippen LogP contribution in [0.1, 0.15) is 29.8 Å². The van der Waals surface area contributed by atoms with Crippen molar-refractivity contribution in [1.29, 1.82) is 0 Å². The lowest BCUT2D eigenvalue weighted by Crippen LogP contribution is -2.14. The number of carbonyl (C=O) groups excluding carboxylic acids is 1. The molecule has 2 N–H and O–H groups in total. The number of rotatable bonds is 7. The Morgan fingerprint density at radius 2 is 1.64 bits per heavy atom. The first kappa shape index (κ1) is 18.2. The van der Waals surface area contributed by atoms with Gasteiger partial charge < -0.3 is 10.4 Å². The van der Waals surface area contributed by atoms with Crippen molar-refractivity contribution in [2.24, 2.45) is 0 Å². The normalized spacial score (nSPS) is 11.2. The van der Waals surface area contributed by atoms with Gasteiger partial charge in [0.25, 0.3) is 5.91 Å². The molecular weight excluding hydrogens is 350 g/mol.